The predicted molar refractivity (Wildman–Crippen MR) is 74.1 cm³/mol. The summed E-state index contributed by atoms with van der Waals surface area (Å²) in [7, 11) is 1.84. The number of carbonyl (C=O) groups excluding carboxylic acids is 2. The zero-order valence-electron chi connectivity index (χ0n) is 11.2. The first-order valence-corrected chi connectivity index (χ1v) is 6.30. The Kier molecular flexibility index (Phi) is 4.19. The summed E-state index contributed by atoms with van der Waals surface area (Å²) < 4.78 is 13.3. The fourth-order valence-corrected chi connectivity index (χ4v) is 2.12. The Labute approximate surface area is 116 Å². The van der Waals surface area contributed by atoms with E-state index in [4.69, 9.17) is 5.73 Å². The van der Waals surface area contributed by atoms with Crippen LogP contribution in [0.2, 0.25) is 0 Å². The van der Waals surface area contributed by atoms with E-state index in [-0.39, 0.29) is 30.7 Å². The van der Waals surface area contributed by atoms with Gasteiger partial charge in [0, 0.05) is 20.1 Å². The maximum atomic E-state index is 13.3. The van der Waals surface area contributed by atoms with E-state index in [9.17, 15) is 14.0 Å². The van der Waals surface area contributed by atoms with Gasteiger partial charge in [0.15, 0.2) is 0 Å². The number of nitrogens with zero attached hydrogens (tertiary/aromatic N) is 2. The maximum Gasteiger partial charge on any atom is 0.246 e. The summed E-state index contributed by atoms with van der Waals surface area (Å²) in [6.07, 6.45) is 0. The summed E-state index contributed by atoms with van der Waals surface area (Å²) >= 11 is 0. The van der Waals surface area contributed by atoms with Crippen LogP contribution in [0.15, 0.2) is 18.2 Å². The van der Waals surface area contributed by atoms with Gasteiger partial charge in [0.1, 0.15) is 5.82 Å². The van der Waals surface area contributed by atoms with Gasteiger partial charge in [0.05, 0.1) is 24.5 Å². The van der Waals surface area contributed by atoms with Gasteiger partial charge in [-0.15, -0.1) is 0 Å². The van der Waals surface area contributed by atoms with Crippen molar-refractivity contribution >= 4 is 23.2 Å². The quantitative estimate of drug-likeness (QED) is 0.795. The van der Waals surface area contributed by atoms with Crippen molar-refractivity contribution in [3.63, 3.8) is 0 Å². The van der Waals surface area contributed by atoms with Crippen molar-refractivity contribution < 1.29 is 14.0 Å². The molecule has 1 heterocycles. The zero-order valence-corrected chi connectivity index (χ0v) is 11.2. The molecule has 2 amide bonds. The lowest BCUT2D eigenvalue weighted by Crippen LogP contribution is -2.47. The third-order valence-corrected chi connectivity index (χ3v) is 3.22. The molecule has 108 valence electrons. The van der Waals surface area contributed by atoms with E-state index in [0.29, 0.717) is 24.5 Å². The van der Waals surface area contributed by atoms with Gasteiger partial charge in [0.25, 0.3) is 0 Å². The van der Waals surface area contributed by atoms with Gasteiger partial charge in [-0.25, -0.2) is 4.39 Å². The van der Waals surface area contributed by atoms with Gasteiger partial charge in [-0.1, -0.05) is 0 Å². The number of benzene rings is 1. The molecule has 1 aromatic rings. The average molecular weight is 280 g/mol. The SMILES string of the molecule is CN1CCN(C(=O)CNC(=O)CN)c2ccc(F)cc21. The lowest BCUT2D eigenvalue weighted by molar-refractivity contribution is -0.124. The number of anilines is 2. The molecule has 7 heteroatoms. The van der Waals surface area contributed by atoms with Crippen molar-refractivity contribution in [2.24, 2.45) is 5.73 Å². The van der Waals surface area contributed by atoms with Crippen molar-refractivity contribution in [3.05, 3.63) is 24.0 Å². The van der Waals surface area contributed by atoms with Crippen LogP contribution in [0.1, 0.15) is 0 Å². The van der Waals surface area contributed by atoms with Crippen LogP contribution in [0.4, 0.5) is 15.8 Å². The van der Waals surface area contributed by atoms with Crippen LogP contribution in [0, 0.1) is 5.82 Å². The summed E-state index contributed by atoms with van der Waals surface area (Å²) in [6.45, 7) is 0.827. The number of likely N-dealkylation sites (N-methyl/N-ethyl adjacent to an activating group) is 1. The average Bonchev–Trinajstić information content (AvgIpc) is 2.45. The summed E-state index contributed by atoms with van der Waals surface area (Å²) in [5, 5.41) is 2.44. The van der Waals surface area contributed by atoms with Gasteiger partial charge in [-0.2, -0.15) is 0 Å². The molecule has 6 nitrogen and oxygen atoms in total. The standard InChI is InChI=1S/C13H17FN4O2/c1-17-4-5-18(13(20)8-16-12(19)7-15)10-3-2-9(14)6-11(10)17/h2-3,6H,4-5,7-8,15H2,1H3,(H,16,19). The monoisotopic (exact) mass is 280 g/mol. The molecule has 0 spiro atoms. The third kappa shape index (κ3) is 2.88. The number of fused-ring (bicyclic) bond motifs is 1. The Morgan fingerprint density at radius 1 is 1.35 bits per heavy atom. The number of amides is 2. The first-order chi connectivity index (χ1) is 9.52. The summed E-state index contributed by atoms with van der Waals surface area (Å²) in [6, 6.07) is 4.28. The molecule has 1 aliphatic heterocycles. The van der Waals surface area contributed by atoms with Crippen LogP contribution >= 0.6 is 0 Å². The molecule has 0 fully saturated rings. The third-order valence-electron chi connectivity index (χ3n) is 3.22. The van der Waals surface area contributed by atoms with Crippen molar-refractivity contribution in [2.45, 2.75) is 0 Å². The highest BCUT2D eigenvalue weighted by Gasteiger charge is 2.25. The van der Waals surface area contributed by atoms with E-state index in [1.807, 2.05) is 11.9 Å². The van der Waals surface area contributed by atoms with Crippen LogP contribution in [-0.4, -0.2) is 45.0 Å². The summed E-state index contributed by atoms with van der Waals surface area (Å²) in [4.78, 5) is 26.6. The Morgan fingerprint density at radius 3 is 2.80 bits per heavy atom. The van der Waals surface area contributed by atoms with Crippen LogP contribution in [0.5, 0.6) is 0 Å². The van der Waals surface area contributed by atoms with Crippen LogP contribution < -0.4 is 20.9 Å². The topological polar surface area (TPSA) is 78.7 Å². The van der Waals surface area contributed by atoms with Crippen LogP contribution in [0.25, 0.3) is 0 Å². The van der Waals surface area contributed by atoms with Gasteiger partial charge in [0.2, 0.25) is 11.8 Å². The minimum atomic E-state index is -0.383. The highest BCUT2D eigenvalue weighted by Crippen LogP contribution is 2.32. The van der Waals surface area contributed by atoms with Crippen LogP contribution in [0.3, 0.4) is 0 Å². The fraction of sp³-hybridized carbons (Fsp3) is 0.385. The van der Waals surface area contributed by atoms with Gasteiger partial charge in [-0.05, 0) is 18.2 Å². The lowest BCUT2D eigenvalue weighted by atomic mass is 10.1. The number of rotatable bonds is 3. The largest absolute Gasteiger partial charge is 0.371 e. The summed E-state index contributed by atoms with van der Waals surface area (Å²) in [5.41, 5.74) is 6.47. The normalized spacial score (nSPS) is 13.9. The van der Waals surface area contributed by atoms with Crippen molar-refractivity contribution in [1.82, 2.24) is 5.32 Å². The molecule has 1 aliphatic rings. The Bertz CT molecular complexity index is 535. The first-order valence-electron chi connectivity index (χ1n) is 6.30. The van der Waals surface area contributed by atoms with Crippen molar-refractivity contribution in [1.29, 1.82) is 0 Å². The second-order valence-corrected chi connectivity index (χ2v) is 4.58. The molecule has 0 saturated carbocycles. The van der Waals surface area contributed by atoms with Gasteiger partial charge >= 0.3 is 0 Å². The molecule has 0 aliphatic carbocycles. The second-order valence-electron chi connectivity index (χ2n) is 4.58. The minimum Gasteiger partial charge on any atom is -0.371 e. The number of hydrogen-bond donors (Lipinski definition) is 2. The van der Waals surface area contributed by atoms with E-state index < -0.39 is 0 Å². The molecule has 2 rings (SSSR count). The van der Waals surface area contributed by atoms with E-state index in [2.05, 4.69) is 5.32 Å². The van der Waals surface area contributed by atoms with Gasteiger partial charge < -0.3 is 20.9 Å². The van der Waals surface area contributed by atoms with Crippen molar-refractivity contribution in [3.8, 4) is 0 Å². The van der Waals surface area contributed by atoms with E-state index >= 15 is 0 Å². The molecule has 0 saturated heterocycles. The molecule has 0 bridgehead atoms. The Morgan fingerprint density at radius 2 is 2.10 bits per heavy atom. The molecule has 3 N–H and O–H groups in total. The van der Waals surface area contributed by atoms with Crippen molar-refractivity contribution in [2.75, 3.05) is 43.0 Å². The van der Waals surface area contributed by atoms with E-state index in [1.54, 1.807) is 11.0 Å². The lowest BCUT2D eigenvalue weighted by Gasteiger charge is -2.35. The number of carbonyl (C=O) groups is 2. The predicted octanol–water partition coefficient (Wildman–Crippen LogP) is -0.317. The number of halogens is 1. The van der Waals surface area contributed by atoms with Gasteiger partial charge in [-0.3, -0.25) is 9.59 Å². The maximum absolute atomic E-state index is 13.3. The fourth-order valence-electron chi connectivity index (χ4n) is 2.12. The van der Waals surface area contributed by atoms with E-state index in [0.717, 1.165) is 0 Å². The Hall–Kier alpha value is -2.15. The smallest absolute Gasteiger partial charge is 0.246 e. The minimum absolute atomic E-state index is 0.115. The molecule has 20 heavy (non-hydrogen) atoms. The number of hydrogen-bond acceptors (Lipinski definition) is 4. The molecule has 0 atom stereocenters. The number of nitrogens with one attached hydrogen (secondary N) is 1. The molecule has 1 aromatic carbocycles. The first kappa shape index (κ1) is 14.3. The Balaban J connectivity index is 2.16. The highest BCUT2D eigenvalue weighted by atomic mass is 19.1. The highest BCUT2D eigenvalue weighted by molar-refractivity contribution is 6.00. The molecular formula is C13H17FN4O2. The van der Waals surface area contributed by atoms with E-state index in [1.165, 1.54) is 12.1 Å². The number of nitrogens with two attached hydrogens (primary N) is 1. The zero-order chi connectivity index (χ0) is 14.7. The second kappa shape index (κ2) is 5.87. The summed E-state index contributed by atoms with van der Waals surface area (Å²) in [5.74, 6) is -0.971. The molecule has 0 aromatic heterocycles. The molecule has 0 radical (unpaired) electrons. The molecule has 0 unspecified atom stereocenters. The molecular weight excluding hydrogens is 263 g/mol. The van der Waals surface area contributed by atoms with Crippen LogP contribution in [-0.2, 0) is 9.59 Å².